The van der Waals surface area contributed by atoms with Gasteiger partial charge in [0.25, 0.3) is 5.91 Å². The fourth-order valence-electron chi connectivity index (χ4n) is 2.29. The first-order valence-corrected chi connectivity index (χ1v) is 7.01. The van der Waals surface area contributed by atoms with Crippen molar-refractivity contribution in [1.29, 1.82) is 0 Å². The standard InChI is InChI=1S/C15H17N3O4/c1-10-16-15(22-17-10)11-7-18(8-11)14(19)9-21-13-6-4-3-5-12(13)20-2/h3-6,11H,7-9H2,1-2H3. The van der Waals surface area contributed by atoms with Crippen LogP contribution >= 0.6 is 0 Å². The molecule has 7 heteroatoms. The minimum absolute atomic E-state index is 0.0179. The smallest absolute Gasteiger partial charge is 0.260 e. The van der Waals surface area contributed by atoms with Crippen molar-refractivity contribution in [3.05, 3.63) is 36.0 Å². The summed E-state index contributed by atoms with van der Waals surface area (Å²) in [6.07, 6.45) is 0. The zero-order valence-corrected chi connectivity index (χ0v) is 12.5. The van der Waals surface area contributed by atoms with E-state index in [4.69, 9.17) is 14.0 Å². The lowest BCUT2D eigenvalue weighted by Crippen LogP contribution is -2.50. The van der Waals surface area contributed by atoms with Gasteiger partial charge in [-0.25, -0.2) is 0 Å². The van der Waals surface area contributed by atoms with E-state index in [9.17, 15) is 4.79 Å². The number of likely N-dealkylation sites (tertiary alicyclic amines) is 1. The third-order valence-electron chi connectivity index (χ3n) is 3.55. The molecule has 0 bridgehead atoms. The first-order valence-electron chi connectivity index (χ1n) is 7.01. The zero-order chi connectivity index (χ0) is 15.5. The Balaban J connectivity index is 1.50. The maximum atomic E-state index is 12.1. The molecule has 0 N–H and O–H groups in total. The molecule has 0 spiro atoms. The van der Waals surface area contributed by atoms with E-state index in [2.05, 4.69) is 10.1 Å². The number of methoxy groups -OCH3 is 1. The summed E-state index contributed by atoms with van der Waals surface area (Å²) in [7, 11) is 1.57. The fraction of sp³-hybridized carbons (Fsp3) is 0.400. The van der Waals surface area contributed by atoms with Crippen LogP contribution in [0.1, 0.15) is 17.6 Å². The van der Waals surface area contributed by atoms with Crippen molar-refractivity contribution in [2.45, 2.75) is 12.8 Å². The molecule has 0 aliphatic carbocycles. The van der Waals surface area contributed by atoms with Crippen molar-refractivity contribution in [2.75, 3.05) is 26.8 Å². The van der Waals surface area contributed by atoms with Crippen molar-refractivity contribution >= 4 is 5.91 Å². The summed E-state index contributed by atoms with van der Waals surface area (Å²) in [4.78, 5) is 18.0. The van der Waals surface area contributed by atoms with Gasteiger partial charge in [-0.05, 0) is 19.1 Å². The third-order valence-corrected chi connectivity index (χ3v) is 3.55. The number of rotatable bonds is 5. The Kier molecular flexibility index (Phi) is 3.95. The Hall–Kier alpha value is -2.57. The van der Waals surface area contributed by atoms with Crippen LogP contribution in [-0.2, 0) is 4.79 Å². The number of aromatic nitrogens is 2. The van der Waals surface area contributed by atoms with Crippen molar-refractivity contribution in [2.24, 2.45) is 0 Å². The molecule has 7 nitrogen and oxygen atoms in total. The van der Waals surface area contributed by atoms with Crippen molar-refractivity contribution < 1.29 is 18.8 Å². The Morgan fingerprint density at radius 2 is 2.09 bits per heavy atom. The number of nitrogens with zero attached hydrogens (tertiary/aromatic N) is 3. The predicted molar refractivity (Wildman–Crippen MR) is 76.8 cm³/mol. The van der Waals surface area contributed by atoms with Gasteiger partial charge in [-0.3, -0.25) is 4.79 Å². The number of ether oxygens (including phenoxy) is 2. The summed E-state index contributed by atoms with van der Waals surface area (Å²) in [6.45, 7) is 2.91. The molecule has 1 aliphatic heterocycles. The first kappa shape index (κ1) is 14.4. The average Bonchev–Trinajstić information content (AvgIpc) is 2.90. The molecule has 0 unspecified atom stereocenters. The van der Waals surface area contributed by atoms with Crippen LogP contribution in [0.2, 0.25) is 0 Å². The summed E-state index contributed by atoms with van der Waals surface area (Å²) < 4.78 is 15.8. The van der Waals surface area contributed by atoms with E-state index < -0.39 is 0 Å². The monoisotopic (exact) mass is 303 g/mol. The van der Waals surface area contributed by atoms with Crippen molar-refractivity contribution in [3.8, 4) is 11.5 Å². The maximum absolute atomic E-state index is 12.1. The largest absolute Gasteiger partial charge is 0.493 e. The third kappa shape index (κ3) is 2.88. The van der Waals surface area contributed by atoms with E-state index >= 15 is 0 Å². The molecule has 0 atom stereocenters. The lowest BCUT2D eigenvalue weighted by atomic mass is 10.0. The van der Waals surface area contributed by atoms with Crippen molar-refractivity contribution in [3.63, 3.8) is 0 Å². The number of para-hydroxylation sites is 2. The van der Waals surface area contributed by atoms with Gasteiger partial charge in [-0.2, -0.15) is 4.98 Å². The summed E-state index contributed by atoms with van der Waals surface area (Å²) in [6, 6.07) is 7.24. The summed E-state index contributed by atoms with van der Waals surface area (Å²) >= 11 is 0. The minimum atomic E-state index is -0.0709. The lowest BCUT2D eigenvalue weighted by Gasteiger charge is -2.36. The van der Waals surface area contributed by atoms with Crippen LogP contribution in [0.25, 0.3) is 0 Å². The summed E-state index contributed by atoms with van der Waals surface area (Å²) in [5, 5.41) is 3.76. The Morgan fingerprint density at radius 3 is 2.73 bits per heavy atom. The van der Waals surface area contributed by atoms with Gasteiger partial charge < -0.3 is 18.9 Å². The topological polar surface area (TPSA) is 77.7 Å². The van der Waals surface area contributed by atoms with Crippen molar-refractivity contribution in [1.82, 2.24) is 15.0 Å². The Bertz CT molecular complexity index is 664. The highest BCUT2D eigenvalue weighted by atomic mass is 16.5. The quantitative estimate of drug-likeness (QED) is 0.830. The second-order valence-corrected chi connectivity index (χ2v) is 5.12. The molecule has 1 fully saturated rings. The van der Waals surface area contributed by atoms with Gasteiger partial charge in [0, 0.05) is 13.1 Å². The van der Waals surface area contributed by atoms with E-state index in [1.807, 2.05) is 12.1 Å². The van der Waals surface area contributed by atoms with Crippen LogP contribution < -0.4 is 9.47 Å². The molecular weight excluding hydrogens is 286 g/mol. The lowest BCUT2D eigenvalue weighted by molar-refractivity contribution is -0.138. The van der Waals surface area contributed by atoms with Gasteiger partial charge in [0.1, 0.15) is 0 Å². The van der Waals surface area contributed by atoms with Gasteiger partial charge in [-0.15, -0.1) is 0 Å². The Labute approximate surface area is 127 Å². The van der Waals surface area contributed by atoms with E-state index in [-0.39, 0.29) is 18.4 Å². The molecule has 1 aromatic heterocycles. The predicted octanol–water partition coefficient (Wildman–Crippen LogP) is 1.39. The second-order valence-electron chi connectivity index (χ2n) is 5.12. The SMILES string of the molecule is COc1ccccc1OCC(=O)N1CC(c2nc(C)no2)C1. The minimum Gasteiger partial charge on any atom is -0.493 e. The zero-order valence-electron chi connectivity index (χ0n) is 12.5. The van der Waals surface area contributed by atoms with Gasteiger partial charge in [0.15, 0.2) is 23.9 Å². The normalized spacial score (nSPS) is 14.5. The molecule has 22 heavy (non-hydrogen) atoms. The van der Waals surface area contributed by atoms with Crippen LogP contribution in [-0.4, -0.2) is 47.8 Å². The summed E-state index contributed by atoms with van der Waals surface area (Å²) in [5.41, 5.74) is 0. The molecule has 0 saturated carbocycles. The number of carbonyl (C=O) groups excluding carboxylic acids is 1. The molecule has 1 aromatic carbocycles. The van der Waals surface area contributed by atoms with Gasteiger partial charge >= 0.3 is 0 Å². The molecule has 1 aliphatic rings. The first-order chi connectivity index (χ1) is 10.7. The highest BCUT2D eigenvalue weighted by Crippen LogP contribution is 2.28. The fourth-order valence-corrected chi connectivity index (χ4v) is 2.29. The van der Waals surface area contributed by atoms with Gasteiger partial charge in [-0.1, -0.05) is 17.3 Å². The molecule has 1 amide bonds. The Morgan fingerprint density at radius 1 is 1.36 bits per heavy atom. The van der Waals surface area contributed by atoms with E-state index in [1.165, 1.54) is 0 Å². The second kappa shape index (κ2) is 6.05. The highest BCUT2D eigenvalue weighted by molar-refractivity contribution is 5.78. The number of hydrogen-bond acceptors (Lipinski definition) is 6. The maximum Gasteiger partial charge on any atom is 0.260 e. The molecule has 2 aromatic rings. The highest BCUT2D eigenvalue weighted by Gasteiger charge is 2.35. The van der Waals surface area contributed by atoms with Crippen LogP contribution in [0.5, 0.6) is 11.5 Å². The van der Waals surface area contributed by atoms with E-state index in [1.54, 1.807) is 31.1 Å². The number of benzene rings is 1. The van der Waals surface area contributed by atoms with Gasteiger partial charge in [0.2, 0.25) is 5.89 Å². The van der Waals surface area contributed by atoms with E-state index in [0.717, 1.165) is 0 Å². The molecule has 3 rings (SSSR count). The average molecular weight is 303 g/mol. The molecule has 0 radical (unpaired) electrons. The molecule has 116 valence electrons. The number of aryl methyl sites for hydroxylation is 1. The van der Waals surface area contributed by atoms with E-state index in [0.29, 0.717) is 36.3 Å². The van der Waals surface area contributed by atoms with Crippen LogP contribution in [0.15, 0.2) is 28.8 Å². The summed E-state index contributed by atoms with van der Waals surface area (Å²) in [5.74, 6) is 2.42. The molecule has 2 heterocycles. The van der Waals surface area contributed by atoms with Crippen LogP contribution in [0.3, 0.4) is 0 Å². The molecular formula is C15H17N3O4. The number of hydrogen-bond donors (Lipinski definition) is 0. The number of carbonyl (C=O) groups is 1. The molecule has 1 saturated heterocycles. The van der Waals surface area contributed by atoms with Crippen LogP contribution in [0, 0.1) is 6.92 Å². The van der Waals surface area contributed by atoms with Crippen LogP contribution in [0.4, 0.5) is 0 Å². The van der Waals surface area contributed by atoms with Gasteiger partial charge in [0.05, 0.1) is 13.0 Å². The number of amides is 1.